The molecule has 1 aliphatic heterocycles. The van der Waals surface area contributed by atoms with Crippen molar-refractivity contribution in [3.63, 3.8) is 0 Å². The number of methoxy groups -OCH3 is 1. The number of hydrogen-bond donors (Lipinski definition) is 0. The predicted molar refractivity (Wildman–Crippen MR) is 121 cm³/mol. The quantitative estimate of drug-likeness (QED) is 0.343. The predicted octanol–water partition coefficient (Wildman–Crippen LogP) is 5.93. The zero-order valence-electron chi connectivity index (χ0n) is 16.5. The van der Waals surface area contributed by atoms with Crippen LogP contribution in [-0.4, -0.2) is 19.0 Å². The van der Waals surface area contributed by atoms with E-state index < -0.39 is 5.97 Å². The molecule has 7 heteroatoms. The van der Waals surface area contributed by atoms with Gasteiger partial charge in [0.15, 0.2) is 17.2 Å². The van der Waals surface area contributed by atoms with E-state index in [1.807, 2.05) is 42.5 Å². The van der Waals surface area contributed by atoms with Gasteiger partial charge < -0.3 is 14.2 Å². The van der Waals surface area contributed by atoms with E-state index in [4.69, 9.17) is 37.4 Å². The van der Waals surface area contributed by atoms with Gasteiger partial charge in [-0.1, -0.05) is 53.5 Å². The summed E-state index contributed by atoms with van der Waals surface area (Å²) in [5, 5.41) is 0.999. The third-order valence-electron chi connectivity index (χ3n) is 4.49. The van der Waals surface area contributed by atoms with Gasteiger partial charge in [0.1, 0.15) is 6.61 Å². The van der Waals surface area contributed by atoms with E-state index in [-0.39, 0.29) is 11.6 Å². The van der Waals surface area contributed by atoms with Crippen LogP contribution in [0.25, 0.3) is 6.08 Å². The van der Waals surface area contributed by atoms with Gasteiger partial charge in [0, 0.05) is 10.6 Å². The molecule has 0 spiro atoms. The Balaban J connectivity index is 1.58. The first-order valence-corrected chi connectivity index (χ1v) is 10.1. The molecule has 1 aliphatic rings. The Hall–Kier alpha value is -3.28. The van der Waals surface area contributed by atoms with E-state index in [9.17, 15) is 4.79 Å². The average molecular weight is 454 g/mol. The van der Waals surface area contributed by atoms with Gasteiger partial charge in [0.2, 0.25) is 5.90 Å². The first kappa shape index (κ1) is 21.0. The van der Waals surface area contributed by atoms with Crippen molar-refractivity contribution < 1.29 is 19.0 Å². The standard InChI is InChI=1S/C24H17Cl2NO4/c1-29-21-13-16(11-19(26)22(21)30-14-15-7-9-18(25)10-8-15)12-20-24(28)31-23(27-20)17-5-3-2-4-6-17/h2-13H,14H2,1H3/b20-12+. The Kier molecular flexibility index (Phi) is 6.26. The van der Waals surface area contributed by atoms with Crippen LogP contribution in [0, 0.1) is 0 Å². The average Bonchev–Trinajstić information content (AvgIpc) is 3.14. The number of benzene rings is 3. The Labute approximate surface area is 189 Å². The van der Waals surface area contributed by atoms with Crippen molar-refractivity contribution in [3.05, 3.63) is 99.2 Å². The summed E-state index contributed by atoms with van der Waals surface area (Å²) in [7, 11) is 1.52. The van der Waals surface area contributed by atoms with Crippen LogP contribution in [0.15, 0.2) is 77.4 Å². The molecule has 0 radical (unpaired) electrons. The lowest BCUT2D eigenvalue weighted by molar-refractivity contribution is -0.129. The normalized spacial score (nSPS) is 14.4. The second-order valence-electron chi connectivity index (χ2n) is 6.65. The van der Waals surface area contributed by atoms with Crippen LogP contribution in [0.4, 0.5) is 0 Å². The molecule has 0 amide bonds. The zero-order valence-corrected chi connectivity index (χ0v) is 18.0. The minimum atomic E-state index is -0.531. The Bertz CT molecular complexity index is 1170. The fourth-order valence-electron chi connectivity index (χ4n) is 2.97. The van der Waals surface area contributed by atoms with Crippen LogP contribution < -0.4 is 9.47 Å². The zero-order chi connectivity index (χ0) is 21.8. The van der Waals surface area contributed by atoms with Crippen molar-refractivity contribution in [3.8, 4) is 11.5 Å². The van der Waals surface area contributed by atoms with Crippen LogP contribution in [0.5, 0.6) is 11.5 Å². The Morgan fingerprint density at radius 2 is 1.77 bits per heavy atom. The molecule has 0 atom stereocenters. The van der Waals surface area contributed by atoms with Crippen LogP contribution in [-0.2, 0) is 16.1 Å². The smallest absolute Gasteiger partial charge is 0.363 e. The molecule has 0 saturated heterocycles. The highest BCUT2D eigenvalue weighted by Gasteiger charge is 2.24. The number of carbonyl (C=O) groups is 1. The minimum absolute atomic E-state index is 0.173. The summed E-state index contributed by atoms with van der Waals surface area (Å²) in [6.07, 6.45) is 1.59. The Morgan fingerprint density at radius 3 is 2.48 bits per heavy atom. The van der Waals surface area contributed by atoms with Gasteiger partial charge in [0.25, 0.3) is 0 Å². The largest absolute Gasteiger partial charge is 0.493 e. The molecule has 0 bridgehead atoms. The van der Waals surface area contributed by atoms with E-state index in [0.29, 0.717) is 33.7 Å². The number of carbonyl (C=O) groups excluding carboxylic acids is 1. The van der Waals surface area contributed by atoms with Crippen LogP contribution in [0.3, 0.4) is 0 Å². The molecular weight excluding hydrogens is 437 g/mol. The molecule has 31 heavy (non-hydrogen) atoms. The summed E-state index contributed by atoms with van der Waals surface area (Å²) in [5.41, 5.74) is 2.46. The SMILES string of the molecule is COc1cc(/C=C2/N=C(c3ccccc3)OC2=O)cc(Cl)c1OCc1ccc(Cl)cc1. The molecule has 0 fully saturated rings. The maximum Gasteiger partial charge on any atom is 0.363 e. The molecule has 0 aliphatic carbocycles. The molecule has 0 saturated carbocycles. The van der Waals surface area contributed by atoms with Crippen molar-refractivity contribution in [1.29, 1.82) is 0 Å². The number of rotatable bonds is 6. The van der Waals surface area contributed by atoms with E-state index in [1.165, 1.54) is 7.11 Å². The van der Waals surface area contributed by atoms with Crippen molar-refractivity contribution in [2.75, 3.05) is 7.11 Å². The molecule has 0 aromatic heterocycles. The third kappa shape index (κ3) is 4.90. The van der Waals surface area contributed by atoms with E-state index in [2.05, 4.69) is 4.99 Å². The first-order valence-electron chi connectivity index (χ1n) is 9.36. The minimum Gasteiger partial charge on any atom is -0.493 e. The van der Waals surface area contributed by atoms with E-state index in [1.54, 1.807) is 30.3 Å². The van der Waals surface area contributed by atoms with Gasteiger partial charge >= 0.3 is 5.97 Å². The van der Waals surface area contributed by atoms with Gasteiger partial charge in [-0.05, 0) is 53.6 Å². The summed E-state index contributed by atoms with van der Waals surface area (Å²) in [5.74, 6) is 0.575. The molecule has 4 rings (SSSR count). The van der Waals surface area contributed by atoms with Crippen LogP contribution in [0.1, 0.15) is 16.7 Å². The maximum absolute atomic E-state index is 12.2. The van der Waals surface area contributed by atoms with Crippen molar-refractivity contribution in [2.24, 2.45) is 4.99 Å². The van der Waals surface area contributed by atoms with Crippen LogP contribution in [0.2, 0.25) is 10.0 Å². The highest BCUT2D eigenvalue weighted by Crippen LogP contribution is 2.38. The van der Waals surface area contributed by atoms with Gasteiger partial charge in [-0.3, -0.25) is 0 Å². The monoisotopic (exact) mass is 453 g/mol. The van der Waals surface area contributed by atoms with E-state index in [0.717, 1.165) is 11.1 Å². The van der Waals surface area contributed by atoms with Gasteiger partial charge in [0.05, 0.1) is 12.1 Å². The lowest BCUT2D eigenvalue weighted by Gasteiger charge is -2.13. The second kappa shape index (κ2) is 9.25. The number of cyclic esters (lactones) is 1. The number of halogens is 2. The van der Waals surface area contributed by atoms with Crippen LogP contribution >= 0.6 is 23.2 Å². The highest BCUT2D eigenvalue weighted by molar-refractivity contribution is 6.32. The lowest BCUT2D eigenvalue weighted by atomic mass is 10.1. The third-order valence-corrected chi connectivity index (χ3v) is 5.03. The maximum atomic E-state index is 12.2. The summed E-state index contributed by atoms with van der Waals surface area (Å²) in [6, 6.07) is 19.9. The number of nitrogens with zero attached hydrogens (tertiary/aromatic N) is 1. The summed E-state index contributed by atoms with van der Waals surface area (Å²) >= 11 is 12.4. The first-order chi connectivity index (χ1) is 15.0. The number of ether oxygens (including phenoxy) is 3. The van der Waals surface area contributed by atoms with Gasteiger partial charge in [-0.25, -0.2) is 9.79 Å². The molecular formula is C24H17Cl2NO4. The number of hydrogen-bond acceptors (Lipinski definition) is 5. The molecule has 1 heterocycles. The summed E-state index contributed by atoms with van der Waals surface area (Å²) < 4.78 is 16.6. The Morgan fingerprint density at radius 1 is 1.03 bits per heavy atom. The molecule has 3 aromatic carbocycles. The number of esters is 1. The van der Waals surface area contributed by atoms with Crippen molar-refractivity contribution in [1.82, 2.24) is 0 Å². The van der Waals surface area contributed by atoms with Crippen molar-refractivity contribution >= 4 is 41.1 Å². The van der Waals surface area contributed by atoms with Gasteiger partial charge in [-0.15, -0.1) is 0 Å². The number of aliphatic imine (C=N–C) groups is 1. The molecule has 0 unspecified atom stereocenters. The summed E-state index contributed by atoms with van der Waals surface area (Å²) in [6.45, 7) is 0.296. The van der Waals surface area contributed by atoms with Gasteiger partial charge in [-0.2, -0.15) is 0 Å². The summed E-state index contributed by atoms with van der Waals surface area (Å²) in [4.78, 5) is 16.6. The molecule has 0 N–H and O–H groups in total. The molecule has 3 aromatic rings. The van der Waals surface area contributed by atoms with E-state index >= 15 is 0 Å². The lowest BCUT2D eigenvalue weighted by Crippen LogP contribution is -2.05. The fourth-order valence-corrected chi connectivity index (χ4v) is 3.37. The van der Waals surface area contributed by atoms with Crippen molar-refractivity contribution in [2.45, 2.75) is 6.61 Å². The highest BCUT2D eigenvalue weighted by atomic mass is 35.5. The topological polar surface area (TPSA) is 57.1 Å². The fraction of sp³-hybridized carbons (Fsp3) is 0.0833. The molecule has 156 valence electrons. The molecule has 5 nitrogen and oxygen atoms in total. The second-order valence-corrected chi connectivity index (χ2v) is 7.49.